The van der Waals surface area contributed by atoms with Crippen molar-refractivity contribution >= 4 is 16.5 Å². The zero-order chi connectivity index (χ0) is 11.4. The number of nitrogens with one attached hydrogen (secondary N) is 1. The van der Waals surface area contributed by atoms with Gasteiger partial charge >= 0.3 is 0 Å². The predicted octanol–water partition coefficient (Wildman–Crippen LogP) is 1.59. The second kappa shape index (κ2) is 5.56. The number of rotatable bonds is 3. The number of nitrogen functional groups attached to an aromatic ring is 1. The lowest BCUT2D eigenvalue weighted by molar-refractivity contribution is 0.204. The number of hydrogen-bond acceptors (Lipinski definition) is 6. The highest BCUT2D eigenvalue weighted by Gasteiger charge is 2.18. The number of anilines is 1. The molecule has 1 fully saturated rings. The van der Waals surface area contributed by atoms with Crippen molar-refractivity contribution < 1.29 is 0 Å². The molecule has 2 heterocycles. The Hall–Kier alpha value is -0.720. The summed E-state index contributed by atoms with van der Waals surface area (Å²) in [5.41, 5.74) is 2.53. The van der Waals surface area contributed by atoms with Crippen LogP contribution in [-0.4, -0.2) is 27.7 Å². The van der Waals surface area contributed by atoms with Crippen molar-refractivity contribution in [3.8, 4) is 0 Å². The van der Waals surface area contributed by atoms with Crippen LogP contribution >= 0.6 is 11.3 Å². The van der Waals surface area contributed by atoms with Crippen LogP contribution in [0.1, 0.15) is 37.6 Å². The van der Waals surface area contributed by atoms with E-state index in [1.165, 1.54) is 43.6 Å². The molecule has 0 aliphatic carbocycles. The third-order valence-corrected chi connectivity index (χ3v) is 3.96. The Balaban J connectivity index is 1.96. The zero-order valence-corrected chi connectivity index (χ0v) is 10.5. The molecule has 0 spiro atoms. The van der Waals surface area contributed by atoms with Crippen LogP contribution in [0.4, 0.5) is 5.13 Å². The quantitative estimate of drug-likeness (QED) is 0.621. The van der Waals surface area contributed by atoms with E-state index in [-0.39, 0.29) is 0 Å². The average Bonchev–Trinajstić information content (AvgIpc) is 2.65. The van der Waals surface area contributed by atoms with Crippen molar-refractivity contribution in [2.24, 2.45) is 5.84 Å². The molecule has 3 N–H and O–H groups in total. The van der Waals surface area contributed by atoms with Crippen molar-refractivity contribution in [2.45, 2.75) is 45.2 Å². The lowest BCUT2D eigenvalue weighted by Gasteiger charge is -2.25. The summed E-state index contributed by atoms with van der Waals surface area (Å²) in [4.78, 5) is 2.49. The molecule has 0 aromatic carbocycles. The van der Waals surface area contributed by atoms with Crippen LogP contribution in [0, 0.1) is 0 Å². The number of hydrogen-bond donors (Lipinski definition) is 2. The molecular weight excluding hydrogens is 222 g/mol. The SMILES string of the molecule is CC1CCCCCN1Cc1nnc(NN)s1. The Labute approximate surface area is 100 Å². The Morgan fingerprint density at radius 2 is 2.31 bits per heavy atom. The monoisotopic (exact) mass is 241 g/mol. The Bertz CT molecular complexity index is 327. The molecule has 1 aliphatic heterocycles. The van der Waals surface area contributed by atoms with Gasteiger partial charge in [0, 0.05) is 6.04 Å². The first-order valence-electron chi connectivity index (χ1n) is 5.82. The maximum Gasteiger partial charge on any atom is 0.219 e. The van der Waals surface area contributed by atoms with Crippen molar-refractivity contribution in [3.05, 3.63) is 5.01 Å². The van der Waals surface area contributed by atoms with Gasteiger partial charge in [0.05, 0.1) is 6.54 Å². The van der Waals surface area contributed by atoms with E-state index < -0.39 is 0 Å². The molecule has 1 atom stereocenters. The summed E-state index contributed by atoms with van der Waals surface area (Å²) >= 11 is 1.54. The second-order valence-corrected chi connectivity index (χ2v) is 5.38. The summed E-state index contributed by atoms with van der Waals surface area (Å²) in [6, 6.07) is 0.653. The second-order valence-electron chi connectivity index (χ2n) is 4.31. The third-order valence-electron chi connectivity index (χ3n) is 3.12. The first kappa shape index (κ1) is 11.8. The van der Waals surface area contributed by atoms with Gasteiger partial charge in [-0.05, 0) is 26.3 Å². The first-order chi connectivity index (χ1) is 7.79. The highest BCUT2D eigenvalue weighted by molar-refractivity contribution is 7.15. The summed E-state index contributed by atoms with van der Waals surface area (Å²) in [5, 5.41) is 9.82. The maximum atomic E-state index is 5.29. The Morgan fingerprint density at radius 3 is 3.06 bits per heavy atom. The molecule has 0 amide bonds. The number of aromatic nitrogens is 2. The Kier molecular flexibility index (Phi) is 4.09. The molecule has 0 saturated carbocycles. The van der Waals surface area contributed by atoms with Crippen LogP contribution in [0.5, 0.6) is 0 Å². The standard InChI is InChI=1S/C10H19N5S/c1-8-5-3-2-4-6-15(8)7-9-13-14-10(12-11)16-9/h8H,2-7,11H2,1H3,(H,12,14). The van der Waals surface area contributed by atoms with E-state index in [1.807, 2.05) is 0 Å². The highest BCUT2D eigenvalue weighted by atomic mass is 32.1. The molecule has 2 rings (SSSR count). The zero-order valence-electron chi connectivity index (χ0n) is 9.65. The lowest BCUT2D eigenvalue weighted by Crippen LogP contribution is -2.31. The van der Waals surface area contributed by atoms with E-state index in [0.29, 0.717) is 11.2 Å². The summed E-state index contributed by atoms with van der Waals surface area (Å²) in [5.74, 6) is 5.29. The fourth-order valence-electron chi connectivity index (χ4n) is 2.12. The van der Waals surface area contributed by atoms with Gasteiger partial charge in [-0.15, -0.1) is 10.2 Å². The summed E-state index contributed by atoms with van der Waals surface area (Å²) in [7, 11) is 0. The molecule has 6 heteroatoms. The minimum atomic E-state index is 0.653. The smallest absolute Gasteiger partial charge is 0.219 e. The predicted molar refractivity (Wildman–Crippen MR) is 66.1 cm³/mol. The molecule has 0 bridgehead atoms. The lowest BCUT2D eigenvalue weighted by atomic mass is 10.1. The average molecular weight is 241 g/mol. The van der Waals surface area contributed by atoms with E-state index in [9.17, 15) is 0 Å². The van der Waals surface area contributed by atoms with Crippen molar-refractivity contribution in [3.63, 3.8) is 0 Å². The highest BCUT2D eigenvalue weighted by Crippen LogP contribution is 2.21. The van der Waals surface area contributed by atoms with Gasteiger partial charge in [-0.25, -0.2) is 5.84 Å². The van der Waals surface area contributed by atoms with E-state index in [4.69, 9.17) is 5.84 Å². The van der Waals surface area contributed by atoms with Crippen LogP contribution in [0.15, 0.2) is 0 Å². The van der Waals surface area contributed by atoms with Gasteiger partial charge in [-0.3, -0.25) is 10.3 Å². The summed E-state index contributed by atoms with van der Waals surface area (Å²) in [6.07, 6.45) is 5.29. The molecule has 5 nitrogen and oxygen atoms in total. The van der Waals surface area contributed by atoms with Gasteiger partial charge in [-0.1, -0.05) is 24.2 Å². The fraction of sp³-hybridized carbons (Fsp3) is 0.800. The molecule has 1 aliphatic rings. The van der Waals surface area contributed by atoms with Gasteiger partial charge in [0.15, 0.2) is 0 Å². The molecule has 1 aromatic heterocycles. The van der Waals surface area contributed by atoms with Gasteiger partial charge in [0.1, 0.15) is 5.01 Å². The van der Waals surface area contributed by atoms with E-state index in [1.54, 1.807) is 0 Å². The molecule has 1 saturated heterocycles. The molecular formula is C10H19N5S. The van der Waals surface area contributed by atoms with Crippen molar-refractivity contribution in [2.75, 3.05) is 12.0 Å². The van der Waals surface area contributed by atoms with Gasteiger partial charge in [-0.2, -0.15) is 0 Å². The third kappa shape index (κ3) is 2.90. The minimum Gasteiger partial charge on any atom is -0.298 e. The van der Waals surface area contributed by atoms with Crippen LogP contribution < -0.4 is 11.3 Å². The number of nitrogens with zero attached hydrogens (tertiary/aromatic N) is 3. The maximum absolute atomic E-state index is 5.29. The number of nitrogens with two attached hydrogens (primary N) is 1. The summed E-state index contributed by atoms with van der Waals surface area (Å²) < 4.78 is 0. The topological polar surface area (TPSA) is 67.1 Å². The van der Waals surface area contributed by atoms with E-state index in [2.05, 4.69) is 27.4 Å². The largest absolute Gasteiger partial charge is 0.298 e. The van der Waals surface area contributed by atoms with Crippen molar-refractivity contribution in [1.29, 1.82) is 0 Å². The number of hydrazine groups is 1. The fourth-order valence-corrected chi connectivity index (χ4v) is 2.79. The van der Waals surface area contributed by atoms with E-state index in [0.717, 1.165) is 11.6 Å². The molecule has 90 valence electrons. The van der Waals surface area contributed by atoms with Crippen LogP contribution in [0.2, 0.25) is 0 Å². The van der Waals surface area contributed by atoms with Crippen LogP contribution in [-0.2, 0) is 6.54 Å². The minimum absolute atomic E-state index is 0.653. The van der Waals surface area contributed by atoms with Gasteiger partial charge < -0.3 is 0 Å². The number of likely N-dealkylation sites (tertiary alicyclic amines) is 1. The molecule has 16 heavy (non-hydrogen) atoms. The molecule has 0 radical (unpaired) electrons. The van der Waals surface area contributed by atoms with E-state index >= 15 is 0 Å². The van der Waals surface area contributed by atoms with Gasteiger partial charge in [0.25, 0.3) is 0 Å². The summed E-state index contributed by atoms with van der Waals surface area (Å²) in [6.45, 7) is 4.38. The first-order valence-corrected chi connectivity index (χ1v) is 6.64. The molecule has 1 unspecified atom stereocenters. The van der Waals surface area contributed by atoms with Crippen molar-refractivity contribution in [1.82, 2.24) is 15.1 Å². The van der Waals surface area contributed by atoms with Crippen LogP contribution in [0.25, 0.3) is 0 Å². The van der Waals surface area contributed by atoms with Crippen LogP contribution in [0.3, 0.4) is 0 Å². The Morgan fingerprint density at radius 1 is 1.44 bits per heavy atom. The normalized spacial score (nSPS) is 23.0. The molecule has 1 aromatic rings. The van der Waals surface area contributed by atoms with Gasteiger partial charge in [0.2, 0.25) is 5.13 Å².